The Kier molecular flexibility index (Phi) is 4.69. The van der Waals surface area contributed by atoms with Crippen LogP contribution in [0.5, 0.6) is 0 Å². The summed E-state index contributed by atoms with van der Waals surface area (Å²) in [5.74, 6) is 0. The summed E-state index contributed by atoms with van der Waals surface area (Å²) < 4.78 is 0. The summed E-state index contributed by atoms with van der Waals surface area (Å²) in [5.41, 5.74) is 9.65. The van der Waals surface area contributed by atoms with Crippen molar-refractivity contribution >= 4 is 52.1 Å². The van der Waals surface area contributed by atoms with Crippen LogP contribution in [0.1, 0.15) is 0 Å². The van der Waals surface area contributed by atoms with Crippen molar-refractivity contribution in [2.75, 3.05) is 5.73 Å². The van der Waals surface area contributed by atoms with Gasteiger partial charge in [0.25, 0.3) is 0 Å². The highest BCUT2D eigenvalue weighted by atomic mass is 35.5. The molecule has 2 nitrogen and oxygen atoms in total. The molecule has 0 saturated heterocycles. The van der Waals surface area contributed by atoms with E-state index in [-0.39, 0.29) is 0 Å². The molecule has 116 valence electrons. The van der Waals surface area contributed by atoms with Gasteiger partial charge in [0, 0.05) is 34.6 Å². The molecule has 1 heterocycles. The molecule has 6 heteroatoms. The molecule has 0 fully saturated rings. The first-order chi connectivity index (χ1) is 11.0. The molecule has 0 aliphatic carbocycles. The van der Waals surface area contributed by atoms with Crippen LogP contribution in [-0.4, -0.2) is 4.98 Å². The van der Waals surface area contributed by atoms with Crippen LogP contribution in [0.4, 0.5) is 5.69 Å². The average molecular weight is 384 g/mol. The highest BCUT2D eigenvalue weighted by Gasteiger charge is 2.16. The number of benzene rings is 2. The average Bonchev–Trinajstić information content (AvgIpc) is 2.54. The van der Waals surface area contributed by atoms with Crippen LogP contribution >= 0.6 is 46.4 Å². The van der Waals surface area contributed by atoms with Gasteiger partial charge in [-0.3, -0.25) is 4.98 Å². The maximum Gasteiger partial charge on any atom is 0.0671 e. The number of nitrogens with two attached hydrogens (primary N) is 1. The van der Waals surface area contributed by atoms with Gasteiger partial charge in [0.2, 0.25) is 0 Å². The number of hydrogen-bond acceptors (Lipinski definition) is 2. The molecule has 1 aromatic heterocycles. The molecule has 0 aliphatic heterocycles. The summed E-state index contributed by atoms with van der Waals surface area (Å²) in [6.07, 6.45) is 3.30. The Morgan fingerprint density at radius 2 is 1.09 bits per heavy atom. The number of nitrogen functional groups attached to an aromatic ring is 1. The van der Waals surface area contributed by atoms with Gasteiger partial charge in [0.05, 0.1) is 25.8 Å². The molecule has 2 aromatic carbocycles. The van der Waals surface area contributed by atoms with Crippen molar-refractivity contribution in [3.8, 4) is 22.3 Å². The minimum atomic E-state index is 0.428. The van der Waals surface area contributed by atoms with Crippen molar-refractivity contribution in [1.82, 2.24) is 4.98 Å². The quantitative estimate of drug-likeness (QED) is 0.540. The van der Waals surface area contributed by atoms with Crippen LogP contribution < -0.4 is 5.73 Å². The monoisotopic (exact) mass is 382 g/mol. The summed E-state index contributed by atoms with van der Waals surface area (Å²) in [4.78, 5) is 4.26. The minimum Gasteiger partial charge on any atom is -0.398 e. The zero-order valence-corrected chi connectivity index (χ0v) is 14.7. The molecule has 2 N–H and O–H groups in total. The van der Waals surface area contributed by atoms with Crippen LogP contribution in [0.2, 0.25) is 20.1 Å². The highest BCUT2D eigenvalue weighted by molar-refractivity contribution is 6.44. The molecule has 0 unspecified atom stereocenters. The molecular weight excluding hydrogens is 374 g/mol. The van der Waals surface area contributed by atoms with E-state index in [4.69, 9.17) is 52.1 Å². The van der Waals surface area contributed by atoms with Crippen molar-refractivity contribution in [1.29, 1.82) is 0 Å². The van der Waals surface area contributed by atoms with Crippen molar-refractivity contribution < 1.29 is 0 Å². The van der Waals surface area contributed by atoms with Gasteiger partial charge in [-0.25, -0.2) is 0 Å². The summed E-state index contributed by atoms with van der Waals surface area (Å²) >= 11 is 24.8. The lowest BCUT2D eigenvalue weighted by molar-refractivity contribution is 1.33. The summed E-state index contributed by atoms with van der Waals surface area (Å²) in [6, 6.07) is 10.7. The SMILES string of the molecule is Nc1c(-c2cccc(Cl)c2Cl)cncc1-c1cccc(Cl)c1Cl. The Morgan fingerprint density at radius 3 is 1.52 bits per heavy atom. The molecule has 0 radical (unpaired) electrons. The van der Waals surface area contributed by atoms with Crippen molar-refractivity contribution in [3.05, 3.63) is 68.9 Å². The lowest BCUT2D eigenvalue weighted by Crippen LogP contribution is -1.97. The van der Waals surface area contributed by atoms with Gasteiger partial charge in [-0.05, 0) is 12.1 Å². The van der Waals surface area contributed by atoms with E-state index >= 15 is 0 Å². The highest BCUT2D eigenvalue weighted by Crippen LogP contribution is 2.42. The molecule has 0 bridgehead atoms. The lowest BCUT2D eigenvalue weighted by atomic mass is 9.99. The number of pyridine rings is 1. The predicted octanol–water partition coefficient (Wildman–Crippen LogP) is 6.61. The maximum absolute atomic E-state index is 6.34. The van der Waals surface area contributed by atoms with Crippen molar-refractivity contribution in [3.63, 3.8) is 0 Å². The Hall–Kier alpha value is -1.45. The first-order valence-corrected chi connectivity index (χ1v) is 8.14. The third kappa shape index (κ3) is 3.00. The van der Waals surface area contributed by atoms with Crippen LogP contribution in [-0.2, 0) is 0 Å². The van der Waals surface area contributed by atoms with E-state index in [0.717, 1.165) is 0 Å². The van der Waals surface area contributed by atoms with Gasteiger partial charge in [-0.1, -0.05) is 70.7 Å². The second-order valence-corrected chi connectivity index (χ2v) is 6.42. The summed E-state index contributed by atoms with van der Waals surface area (Å²) in [6.45, 7) is 0. The molecule has 0 spiro atoms. The molecule has 0 atom stereocenters. The molecule has 0 amide bonds. The van der Waals surface area contributed by atoms with E-state index in [1.165, 1.54) is 0 Å². The van der Waals surface area contributed by atoms with Crippen LogP contribution in [0.25, 0.3) is 22.3 Å². The molecule has 0 saturated carbocycles. The number of rotatable bonds is 2. The number of aromatic nitrogens is 1. The van der Waals surface area contributed by atoms with E-state index < -0.39 is 0 Å². The largest absolute Gasteiger partial charge is 0.398 e. The van der Waals surface area contributed by atoms with Gasteiger partial charge in [0.15, 0.2) is 0 Å². The zero-order valence-electron chi connectivity index (χ0n) is 11.7. The van der Waals surface area contributed by atoms with E-state index in [0.29, 0.717) is 48.0 Å². The Labute approximate surface area is 153 Å². The third-order valence-corrected chi connectivity index (χ3v) is 5.11. The van der Waals surface area contributed by atoms with Gasteiger partial charge in [0.1, 0.15) is 0 Å². The first kappa shape index (κ1) is 16.4. The minimum absolute atomic E-state index is 0.428. The number of anilines is 1. The van der Waals surface area contributed by atoms with Crippen LogP contribution in [0, 0.1) is 0 Å². The smallest absolute Gasteiger partial charge is 0.0671 e. The van der Waals surface area contributed by atoms with Crippen LogP contribution in [0.3, 0.4) is 0 Å². The van der Waals surface area contributed by atoms with E-state index in [2.05, 4.69) is 4.98 Å². The molecule has 3 aromatic rings. The molecule has 3 rings (SSSR count). The Bertz CT molecular complexity index is 824. The second kappa shape index (κ2) is 6.58. The fourth-order valence-electron chi connectivity index (χ4n) is 2.32. The number of hydrogen-bond donors (Lipinski definition) is 1. The standard InChI is InChI=1S/C17H10Cl4N2/c18-13-5-1-3-9(15(13)20)11-7-23-8-12(17(11)22)10-4-2-6-14(19)16(10)21/h1-8H,(H2,22,23). The van der Waals surface area contributed by atoms with E-state index in [1.807, 2.05) is 24.3 Å². The van der Waals surface area contributed by atoms with Gasteiger partial charge in [-0.15, -0.1) is 0 Å². The topological polar surface area (TPSA) is 38.9 Å². The van der Waals surface area contributed by atoms with E-state index in [1.54, 1.807) is 24.5 Å². The Morgan fingerprint density at radius 1 is 0.652 bits per heavy atom. The normalized spacial score (nSPS) is 10.8. The number of halogens is 4. The summed E-state index contributed by atoms with van der Waals surface area (Å²) in [7, 11) is 0. The molecule has 23 heavy (non-hydrogen) atoms. The van der Waals surface area contributed by atoms with Gasteiger partial charge < -0.3 is 5.73 Å². The lowest BCUT2D eigenvalue weighted by Gasteiger charge is -2.14. The first-order valence-electron chi connectivity index (χ1n) is 6.63. The second-order valence-electron chi connectivity index (χ2n) is 4.85. The third-order valence-electron chi connectivity index (χ3n) is 3.47. The zero-order chi connectivity index (χ0) is 16.6. The van der Waals surface area contributed by atoms with Crippen molar-refractivity contribution in [2.24, 2.45) is 0 Å². The predicted molar refractivity (Wildman–Crippen MR) is 99.6 cm³/mol. The van der Waals surface area contributed by atoms with Gasteiger partial charge in [-0.2, -0.15) is 0 Å². The fourth-order valence-corrected chi connectivity index (χ4v) is 3.13. The summed E-state index contributed by atoms with van der Waals surface area (Å²) in [5, 5.41) is 1.76. The fraction of sp³-hybridized carbons (Fsp3) is 0. The maximum atomic E-state index is 6.34. The number of nitrogens with zero attached hydrogens (tertiary/aromatic N) is 1. The van der Waals surface area contributed by atoms with Crippen molar-refractivity contribution in [2.45, 2.75) is 0 Å². The molecular formula is C17H10Cl4N2. The Balaban J connectivity index is 2.24. The van der Waals surface area contributed by atoms with Gasteiger partial charge >= 0.3 is 0 Å². The molecule has 0 aliphatic rings. The van der Waals surface area contributed by atoms with Crippen LogP contribution in [0.15, 0.2) is 48.8 Å². The van der Waals surface area contributed by atoms with E-state index in [9.17, 15) is 0 Å².